The Bertz CT molecular complexity index is 1940. The molecule has 0 amide bonds. The molecule has 10 atom stereocenters. The minimum Gasteiger partial charge on any atom is -0.382 e. The molecule has 0 aromatic carbocycles. The van der Waals surface area contributed by atoms with Gasteiger partial charge in [-0.05, 0) is 0 Å². The number of phosphoric acid groups is 2. The summed E-state index contributed by atoms with van der Waals surface area (Å²) in [5.74, 6) is -0.342. The van der Waals surface area contributed by atoms with Gasteiger partial charge in [-0.2, -0.15) is 4.98 Å². The Hall–Kier alpha value is -3.50. The Balaban J connectivity index is 1.21. The fraction of sp³-hybridized carbons (Fsp3) is 0.500. The zero-order valence-electron chi connectivity index (χ0n) is 22.3. The van der Waals surface area contributed by atoms with Crippen LogP contribution in [-0.2, 0) is 36.7 Å². The van der Waals surface area contributed by atoms with Crippen LogP contribution in [0.4, 0.5) is 20.5 Å². The summed E-state index contributed by atoms with van der Waals surface area (Å²) >= 11 is 0. The lowest BCUT2D eigenvalue weighted by atomic mass is 10.1. The molecule has 2 bridgehead atoms. The lowest BCUT2D eigenvalue weighted by Gasteiger charge is -2.25. The van der Waals surface area contributed by atoms with E-state index in [1.165, 1.54) is 0 Å². The van der Waals surface area contributed by atoms with Gasteiger partial charge in [-0.25, -0.2) is 37.8 Å². The third-order valence-electron chi connectivity index (χ3n) is 7.23. The number of alkyl halides is 2. The number of hydrogen-bond donors (Lipinski definition) is 5. The number of nitrogens with one attached hydrogen (secondary N) is 1. The number of H-pyrrole nitrogens is 1. The minimum atomic E-state index is -5.23. The highest BCUT2D eigenvalue weighted by Crippen LogP contribution is 2.54. The van der Waals surface area contributed by atoms with Crippen molar-refractivity contribution >= 4 is 49.7 Å². The number of aromatic amines is 1. The van der Waals surface area contributed by atoms with Crippen LogP contribution in [-0.4, -0.2) is 98.8 Å². The van der Waals surface area contributed by atoms with Gasteiger partial charge in [0.2, 0.25) is 5.95 Å². The summed E-state index contributed by atoms with van der Waals surface area (Å²) in [6.07, 6.45) is -11.8. The number of nitrogens with zero attached hydrogens (tertiary/aromatic N) is 7. The van der Waals surface area contributed by atoms with Gasteiger partial charge in [0.05, 0.1) is 25.9 Å². The Morgan fingerprint density at radius 1 is 0.844 bits per heavy atom. The van der Waals surface area contributed by atoms with Crippen LogP contribution in [0, 0.1) is 0 Å². The summed E-state index contributed by atoms with van der Waals surface area (Å²) in [5.41, 5.74) is 10.4. The second-order valence-electron chi connectivity index (χ2n) is 10.0. The predicted octanol–water partition coefficient (Wildman–Crippen LogP) is -0.387. The maximum Gasteiger partial charge on any atom is 0.472 e. The fourth-order valence-electron chi connectivity index (χ4n) is 5.23. The highest BCUT2D eigenvalue weighted by Gasteiger charge is 2.55. The van der Waals surface area contributed by atoms with Crippen molar-refractivity contribution in [3.63, 3.8) is 0 Å². The number of ether oxygens (including phenoxy) is 2. The zero-order chi connectivity index (χ0) is 31.8. The van der Waals surface area contributed by atoms with E-state index >= 15 is 8.78 Å². The number of imidazole rings is 2. The van der Waals surface area contributed by atoms with Crippen LogP contribution < -0.4 is 17.0 Å². The quantitative estimate of drug-likeness (QED) is 0.169. The zero-order valence-corrected chi connectivity index (χ0v) is 24.1. The summed E-state index contributed by atoms with van der Waals surface area (Å²) in [5, 5.41) is 0. The molecule has 0 spiro atoms. The number of fused-ring (bicyclic) bond motifs is 5. The highest BCUT2D eigenvalue weighted by molar-refractivity contribution is 7.47. The second kappa shape index (κ2) is 10.8. The summed E-state index contributed by atoms with van der Waals surface area (Å²) in [7, 11) is -10.4. The summed E-state index contributed by atoms with van der Waals surface area (Å²) in [4.78, 5) is 55.2. The maximum atomic E-state index is 15.9. The number of hydrogen-bond acceptors (Lipinski definition) is 16. The molecule has 21 nitrogen and oxygen atoms in total. The molecule has 45 heavy (non-hydrogen) atoms. The van der Waals surface area contributed by atoms with E-state index in [0.717, 1.165) is 28.1 Å². The molecule has 4 aromatic heterocycles. The van der Waals surface area contributed by atoms with Crippen molar-refractivity contribution < 1.29 is 55.3 Å². The van der Waals surface area contributed by atoms with Gasteiger partial charge in [0.15, 0.2) is 47.4 Å². The third kappa shape index (κ3) is 5.29. The van der Waals surface area contributed by atoms with Crippen molar-refractivity contribution in [2.24, 2.45) is 0 Å². The number of rotatable bonds is 2. The van der Waals surface area contributed by atoms with Gasteiger partial charge in [0, 0.05) is 0 Å². The van der Waals surface area contributed by atoms with Crippen LogP contribution >= 0.6 is 15.6 Å². The van der Waals surface area contributed by atoms with Gasteiger partial charge in [0.1, 0.15) is 36.3 Å². The molecule has 0 radical (unpaired) electrons. The summed E-state index contributed by atoms with van der Waals surface area (Å²) in [6.45, 7) is -1.94. The van der Waals surface area contributed by atoms with Gasteiger partial charge in [-0.3, -0.25) is 37.0 Å². The summed E-state index contributed by atoms with van der Waals surface area (Å²) < 4.78 is 91.3. The first-order valence-corrected chi connectivity index (χ1v) is 15.9. The van der Waals surface area contributed by atoms with Gasteiger partial charge in [0.25, 0.3) is 5.56 Å². The molecule has 7 N–H and O–H groups in total. The van der Waals surface area contributed by atoms with Gasteiger partial charge >= 0.3 is 15.6 Å². The average molecular weight is 678 g/mol. The number of halogens is 2. The van der Waals surface area contributed by atoms with Crippen LogP contribution in [0.2, 0.25) is 0 Å². The van der Waals surface area contributed by atoms with Crippen LogP contribution in [0.1, 0.15) is 12.5 Å². The standard InChI is InChI=1S/C20H22F2N10O11P2/c21-8-6-1-38-44(34,35)42-12-7(41-18(9(12)22)31-4-27-10-14(23)25-3-26-15(10)31)2-39-45(36,37)43-13(8)19(40-6)32-5-28-11-16(32)29-20(24)30-17(11)33/h3-9,12-13,18-19H,1-2H2,(H,34,35)(H,36,37)(H2,23,25,26)(H3,24,29,30,33)/t6-,7-,8+,9?,12+,13?,18-,19-/m1/s1. The first-order valence-electron chi connectivity index (χ1n) is 12.9. The molecular formula is C20H22F2N10O11P2. The molecule has 7 rings (SSSR count). The van der Waals surface area contributed by atoms with E-state index in [4.69, 9.17) is 39.0 Å². The maximum absolute atomic E-state index is 15.9. The molecule has 4 aromatic rings. The Labute approximate surface area is 247 Å². The van der Waals surface area contributed by atoms with E-state index < -0.39 is 83.6 Å². The third-order valence-corrected chi connectivity index (χ3v) is 9.20. The number of phosphoric ester groups is 2. The first kappa shape index (κ1) is 30.2. The van der Waals surface area contributed by atoms with Crippen molar-refractivity contribution in [2.75, 3.05) is 24.7 Å². The number of aromatic nitrogens is 8. The fourth-order valence-corrected chi connectivity index (χ4v) is 7.11. The van der Waals surface area contributed by atoms with Crippen LogP contribution in [0.15, 0.2) is 23.8 Å². The van der Waals surface area contributed by atoms with E-state index in [-0.39, 0.29) is 34.1 Å². The molecule has 242 valence electrons. The molecule has 25 heteroatoms. The number of nitrogens with two attached hydrogens (primary N) is 2. The van der Waals surface area contributed by atoms with Gasteiger partial charge in [-0.15, -0.1) is 0 Å². The molecule has 3 aliphatic heterocycles. The Morgan fingerprint density at radius 2 is 1.47 bits per heavy atom. The average Bonchev–Trinajstić information content (AvgIpc) is 3.72. The molecule has 3 aliphatic rings. The lowest BCUT2D eigenvalue weighted by Crippen LogP contribution is -2.34. The lowest BCUT2D eigenvalue weighted by molar-refractivity contribution is -0.0669. The number of nitrogen functional groups attached to an aromatic ring is 2. The highest BCUT2D eigenvalue weighted by atomic mass is 31.2. The van der Waals surface area contributed by atoms with Crippen molar-refractivity contribution in [2.45, 2.75) is 49.2 Å². The second-order valence-corrected chi connectivity index (χ2v) is 12.9. The minimum absolute atomic E-state index is 0.0167. The van der Waals surface area contributed by atoms with Crippen molar-refractivity contribution in [3.8, 4) is 0 Å². The van der Waals surface area contributed by atoms with E-state index in [2.05, 4.69) is 29.9 Å². The van der Waals surface area contributed by atoms with Crippen LogP contribution in [0.5, 0.6) is 0 Å². The normalized spacial score (nSPS) is 37.7. The predicted molar refractivity (Wildman–Crippen MR) is 141 cm³/mol. The topological polar surface area (TPSA) is 289 Å². The van der Waals surface area contributed by atoms with Crippen molar-refractivity contribution in [1.29, 1.82) is 0 Å². The molecule has 3 saturated heterocycles. The SMILES string of the molecule is Nc1nc2c(ncn2[C@@H]2O[C@@H]3COP(=O)(O)O[C@@H]4C(F)[C@H](n5cnc6c(N)ncnc65)O[C@@H]4COP(=O)(O)OC2[C@H]3F)c(=O)[nH]1. The molecule has 0 aliphatic carbocycles. The van der Waals surface area contributed by atoms with Crippen LogP contribution in [0.25, 0.3) is 22.3 Å². The van der Waals surface area contributed by atoms with E-state index in [1.807, 2.05) is 0 Å². The molecule has 4 unspecified atom stereocenters. The van der Waals surface area contributed by atoms with E-state index in [1.54, 1.807) is 0 Å². The van der Waals surface area contributed by atoms with E-state index in [9.17, 15) is 23.7 Å². The monoisotopic (exact) mass is 678 g/mol. The summed E-state index contributed by atoms with van der Waals surface area (Å²) in [6, 6.07) is 0. The first-order chi connectivity index (χ1) is 21.3. The Kier molecular flexibility index (Phi) is 7.24. The van der Waals surface area contributed by atoms with Crippen molar-refractivity contribution in [3.05, 3.63) is 29.3 Å². The molecular weight excluding hydrogens is 656 g/mol. The van der Waals surface area contributed by atoms with Crippen LogP contribution in [0.3, 0.4) is 0 Å². The molecule has 3 fully saturated rings. The number of anilines is 2. The smallest absolute Gasteiger partial charge is 0.382 e. The van der Waals surface area contributed by atoms with E-state index in [0.29, 0.717) is 0 Å². The molecule has 0 saturated carbocycles. The van der Waals surface area contributed by atoms with Crippen molar-refractivity contribution in [1.82, 2.24) is 39.0 Å². The van der Waals surface area contributed by atoms with Gasteiger partial charge in [-0.1, -0.05) is 0 Å². The molecule has 7 heterocycles. The Morgan fingerprint density at radius 3 is 2.20 bits per heavy atom. The van der Waals surface area contributed by atoms with Gasteiger partial charge < -0.3 is 30.7 Å². The largest absolute Gasteiger partial charge is 0.472 e.